The Morgan fingerprint density at radius 2 is 1.97 bits per heavy atom. The minimum atomic E-state index is -4.75. The van der Waals surface area contributed by atoms with Crippen LogP contribution in [0.2, 0.25) is 0 Å². The number of nitrogen functional groups attached to an aromatic ring is 1. The molecule has 9 heteroatoms. The third-order valence-corrected chi connectivity index (χ3v) is 5.18. The zero-order valence-corrected chi connectivity index (χ0v) is 16.2. The second-order valence-electron chi connectivity index (χ2n) is 6.15. The minimum Gasteiger partial charge on any atom is -0.496 e. The van der Waals surface area contributed by atoms with Crippen LogP contribution in [0.3, 0.4) is 0 Å². The number of nitrogens with one attached hydrogen (secondary N) is 1. The summed E-state index contributed by atoms with van der Waals surface area (Å²) in [5.74, 6) is -0.441. The number of hydrogen-bond donors (Lipinski definition) is 2. The average Bonchev–Trinajstić information content (AvgIpc) is 3.14. The molecule has 3 aromatic rings. The Morgan fingerprint density at radius 3 is 2.66 bits per heavy atom. The highest BCUT2D eigenvalue weighted by atomic mass is 32.1. The molecule has 0 saturated carbocycles. The molecule has 0 aliphatic rings. The summed E-state index contributed by atoms with van der Waals surface area (Å²) >= 11 is 0.683. The summed E-state index contributed by atoms with van der Waals surface area (Å²) in [7, 11) is 1.42. The van der Waals surface area contributed by atoms with Crippen molar-refractivity contribution in [3.63, 3.8) is 0 Å². The normalized spacial score (nSPS) is 11.3. The third-order valence-electron chi connectivity index (χ3n) is 4.09. The maximum absolute atomic E-state index is 13.5. The number of methoxy groups -OCH3 is 1. The Morgan fingerprint density at radius 1 is 1.21 bits per heavy atom. The predicted octanol–water partition coefficient (Wildman–Crippen LogP) is 4.39. The number of thiazole rings is 1. The van der Waals surface area contributed by atoms with Gasteiger partial charge in [-0.3, -0.25) is 4.79 Å². The molecule has 0 atom stereocenters. The second kappa shape index (κ2) is 8.52. The maximum Gasteiger partial charge on any atom is 0.435 e. The van der Waals surface area contributed by atoms with Gasteiger partial charge in [-0.05, 0) is 36.2 Å². The van der Waals surface area contributed by atoms with Gasteiger partial charge in [0.2, 0.25) is 0 Å². The van der Waals surface area contributed by atoms with E-state index in [1.165, 1.54) is 7.11 Å². The third kappa shape index (κ3) is 4.86. The van der Waals surface area contributed by atoms with E-state index >= 15 is 0 Å². The van der Waals surface area contributed by atoms with Gasteiger partial charge in [-0.25, -0.2) is 4.98 Å². The van der Waals surface area contributed by atoms with Crippen molar-refractivity contribution in [3.05, 3.63) is 64.7 Å². The number of nitrogens with two attached hydrogens (primary N) is 1. The van der Waals surface area contributed by atoms with Gasteiger partial charge >= 0.3 is 6.18 Å². The smallest absolute Gasteiger partial charge is 0.435 e. The van der Waals surface area contributed by atoms with E-state index in [0.717, 1.165) is 5.56 Å². The largest absolute Gasteiger partial charge is 0.496 e. The van der Waals surface area contributed by atoms with Gasteiger partial charge in [0.25, 0.3) is 5.91 Å². The molecule has 1 amide bonds. The molecule has 29 heavy (non-hydrogen) atoms. The Balaban J connectivity index is 1.83. The molecule has 0 aliphatic heterocycles. The van der Waals surface area contributed by atoms with Crippen LogP contribution in [0, 0.1) is 0 Å². The molecule has 0 aliphatic carbocycles. The van der Waals surface area contributed by atoms with Gasteiger partial charge in [0.1, 0.15) is 15.6 Å². The fourth-order valence-electron chi connectivity index (χ4n) is 2.75. The summed E-state index contributed by atoms with van der Waals surface area (Å²) in [4.78, 5) is 15.7. The lowest BCUT2D eigenvalue weighted by atomic mass is 10.1. The Kier molecular flexibility index (Phi) is 6.07. The van der Waals surface area contributed by atoms with Crippen molar-refractivity contribution in [2.24, 2.45) is 0 Å². The summed E-state index contributed by atoms with van der Waals surface area (Å²) in [6.07, 6.45) is -4.31. The van der Waals surface area contributed by atoms with Crippen molar-refractivity contribution in [1.29, 1.82) is 0 Å². The molecule has 0 bridgehead atoms. The van der Waals surface area contributed by atoms with E-state index in [4.69, 9.17) is 10.5 Å². The highest BCUT2D eigenvalue weighted by molar-refractivity contribution is 7.17. The standard InChI is InChI=1S/C20H18F3N3O2S/c1-28-15-8-3-2-7-14(15)19-26-17(20(21,22)23)16(29-19)18(27)25-10-9-12-5-4-6-13(24)11-12/h2-8,11H,9-10,24H2,1H3,(H,25,27). The highest BCUT2D eigenvalue weighted by Gasteiger charge is 2.40. The highest BCUT2D eigenvalue weighted by Crippen LogP contribution is 2.40. The van der Waals surface area contributed by atoms with Crippen LogP contribution in [0.5, 0.6) is 5.75 Å². The first-order valence-corrected chi connectivity index (χ1v) is 9.45. The van der Waals surface area contributed by atoms with Crippen molar-refractivity contribution >= 4 is 22.9 Å². The zero-order chi connectivity index (χ0) is 21.0. The number of carbonyl (C=O) groups is 1. The van der Waals surface area contributed by atoms with Gasteiger partial charge in [0.15, 0.2) is 5.69 Å². The average molecular weight is 421 g/mol. The van der Waals surface area contributed by atoms with Gasteiger partial charge in [0, 0.05) is 12.2 Å². The summed E-state index contributed by atoms with van der Waals surface area (Å²) in [6.45, 7) is 0.168. The first kappa shape index (κ1) is 20.7. The topological polar surface area (TPSA) is 77.2 Å². The van der Waals surface area contributed by atoms with Gasteiger partial charge in [-0.15, -0.1) is 11.3 Å². The van der Waals surface area contributed by atoms with Crippen LogP contribution in [0.15, 0.2) is 48.5 Å². The van der Waals surface area contributed by atoms with Crippen molar-refractivity contribution in [1.82, 2.24) is 10.3 Å². The Labute approximate surface area is 169 Å². The molecule has 152 valence electrons. The lowest BCUT2D eigenvalue weighted by molar-refractivity contribution is -0.141. The molecule has 3 rings (SSSR count). The number of alkyl halides is 3. The molecule has 5 nitrogen and oxygen atoms in total. The van der Waals surface area contributed by atoms with Crippen LogP contribution >= 0.6 is 11.3 Å². The lowest BCUT2D eigenvalue weighted by Gasteiger charge is -2.07. The number of nitrogens with zero attached hydrogens (tertiary/aromatic N) is 1. The summed E-state index contributed by atoms with van der Waals surface area (Å²) in [5, 5.41) is 2.60. The number of halogens is 3. The predicted molar refractivity (Wildman–Crippen MR) is 106 cm³/mol. The van der Waals surface area contributed by atoms with Crippen molar-refractivity contribution in [2.45, 2.75) is 12.6 Å². The molecule has 0 saturated heterocycles. The maximum atomic E-state index is 13.5. The Hall–Kier alpha value is -3.07. The summed E-state index contributed by atoms with van der Waals surface area (Å²) in [5.41, 5.74) is 6.35. The molecule has 0 fully saturated rings. The van der Waals surface area contributed by atoms with E-state index in [2.05, 4.69) is 10.3 Å². The van der Waals surface area contributed by atoms with Crippen molar-refractivity contribution < 1.29 is 22.7 Å². The van der Waals surface area contributed by atoms with Gasteiger partial charge in [-0.1, -0.05) is 24.3 Å². The fraction of sp³-hybridized carbons (Fsp3) is 0.200. The molecule has 3 N–H and O–H groups in total. The zero-order valence-electron chi connectivity index (χ0n) is 15.4. The number of benzene rings is 2. The van der Waals surface area contributed by atoms with E-state index in [1.54, 1.807) is 42.5 Å². The Bertz CT molecular complexity index is 1020. The quantitative estimate of drug-likeness (QED) is 0.579. The lowest BCUT2D eigenvalue weighted by Crippen LogP contribution is -2.27. The molecule has 0 radical (unpaired) electrons. The van der Waals surface area contributed by atoms with Crippen LogP contribution < -0.4 is 15.8 Å². The molecule has 0 spiro atoms. The first-order valence-electron chi connectivity index (χ1n) is 8.63. The van der Waals surface area contributed by atoms with Crippen molar-refractivity contribution in [3.8, 4) is 16.3 Å². The molecule has 0 unspecified atom stereocenters. The molecule has 1 heterocycles. The van der Waals surface area contributed by atoms with Gasteiger partial charge in [-0.2, -0.15) is 13.2 Å². The number of rotatable bonds is 6. The van der Waals surface area contributed by atoms with Crippen LogP contribution in [-0.4, -0.2) is 24.5 Å². The van der Waals surface area contributed by atoms with E-state index in [0.29, 0.717) is 34.8 Å². The molecular weight excluding hydrogens is 403 g/mol. The number of para-hydroxylation sites is 1. The number of hydrogen-bond acceptors (Lipinski definition) is 5. The molecular formula is C20H18F3N3O2S. The number of carbonyl (C=O) groups excluding carboxylic acids is 1. The number of aromatic nitrogens is 1. The fourth-order valence-corrected chi connectivity index (χ4v) is 3.78. The second-order valence-corrected chi connectivity index (χ2v) is 7.14. The van der Waals surface area contributed by atoms with Crippen molar-refractivity contribution in [2.75, 3.05) is 19.4 Å². The number of anilines is 1. The minimum absolute atomic E-state index is 0.0655. The summed E-state index contributed by atoms with van der Waals surface area (Å²) < 4.78 is 45.6. The van der Waals surface area contributed by atoms with E-state index in [-0.39, 0.29) is 11.6 Å². The number of ether oxygens (including phenoxy) is 1. The first-order chi connectivity index (χ1) is 13.8. The van der Waals surface area contributed by atoms with Gasteiger partial charge in [0.05, 0.1) is 12.7 Å². The van der Waals surface area contributed by atoms with Gasteiger partial charge < -0.3 is 15.8 Å². The van der Waals surface area contributed by atoms with Crippen LogP contribution in [0.1, 0.15) is 20.9 Å². The SMILES string of the molecule is COc1ccccc1-c1nc(C(F)(F)F)c(C(=O)NCCc2cccc(N)c2)s1. The van der Waals surface area contributed by atoms with Crippen LogP contribution in [0.4, 0.5) is 18.9 Å². The number of amides is 1. The van der Waals surface area contributed by atoms with E-state index in [9.17, 15) is 18.0 Å². The van der Waals surface area contributed by atoms with Crippen LogP contribution in [0.25, 0.3) is 10.6 Å². The molecule has 2 aromatic carbocycles. The molecule has 1 aromatic heterocycles. The van der Waals surface area contributed by atoms with E-state index in [1.807, 2.05) is 6.07 Å². The monoisotopic (exact) mass is 421 g/mol. The van der Waals surface area contributed by atoms with Crippen LogP contribution in [-0.2, 0) is 12.6 Å². The van der Waals surface area contributed by atoms with E-state index < -0.39 is 22.7 Å². The summed E-state index contributed by atoms with van der Waals surface area (Å²) in [6, 6.07) is 13.7.